The molecule has 1 fully saturated rings. The van der Waals surface area contributed by atoms with Crippen LogP contribution in [0.2, 0.25) is 5.02 Å². The molecule has 0 spiro atoms. The number of anilines is 1. The normalized spacial score (nSPS) is 17.3. The van der Waals surface area contributed by atoms with Gasteiger partial charge >= 0.3 is 5.91 Å². The van der Waals surface area contributed by atoms with E-state index in [-0.39, 0.29) is 11.3 Å². The minimum Gasteiger partial charge on any atom is -0.505 e. The zero-order valence-corrected chi connectivity index (χ0v) is 21.2. The minimum absolute atomic E-state index is 0.0516. The highest BCUT2D eigenvalue weighted by Crippen LogP contribution is 2.45. The number of carbonyl (C=O) groups excluding carboxylic acids is 2. The monoisotopic (exact) mass is 530 g/mol. The summed E-state index contributed by atoms with van der Waals surface area (Å²) in [6.45, 7) is 1.75. The van der Waals surface area contributed by atoms with Gasteiger partial charge in [-0.2, -0.15) is 0 Å². The minimum atomic E-state index is -0.945. The number of nitrogens with zero attached hydrogens (tertiary/aromatic N) is 4. The molecular formula is C27H19ClN4O4S. The lowest BCUT2D eigenvalue weighted by molar-refractivity contribution is -0.132. The maximum atomic E-state index is 13.6. The average Bonchev–Trinajstić information content (AvgIpc) is 3.54. The highest BCUT2D eigenvalue weighted by Gasteiger charge is 2.48. The molecule has 8 nitrogen and oxygen atoms in total. The van der Waals surface area contributed by atoms with Gasteiger partial charge in [-0.25, -0.2) is 9.97 Å². The van der Waals surface area contributed by atoms with Crippen molar-refractivity contribution in [2.75, 3.05) is 12.0 Å². The summed E-state index contributed by atoms with van der Waals surface area (Å²) < 4.78 is 7.87. The number of benzene rings is 2. The number of hydrogen-bond acceptors (Lipinski definition) is 7. The molecule has 1 aliphatic rings. The Morgan fingerprint density at radius 1 is 1.08 bits per heavy atom. The number of Topliss-reactive ketones (excluding diaryl/α,β-unsaturated/α-hetero) is 1. The fourth-order valence-corrected chi connectivity index (χ4v) is 5.94. The summed E-state index contributed by atoms with van der Waals surface area (Å²) in [6.07, 6.45) is 1.75. The molecule has 1 saturated heterocycles. The third-order valence-corrected chi connectivity index (χ3v) is 7.58. The van der Waals surface area contributed by atoms with Gasteiger partial charge in [0.1, 0.15) is 17.1 Å². The first-order valence-electron chi connectivity index (χ1n) is 11.3. The first-order valence-corrected chi connectivity index (χ1v) is 12.5. The highest BCUT2D eigenvalue weighted by atomic mass is 35.5. The lowest BCUT2D eigenvalue weighted by atomic mass is 9.96. The number of imidazole rings is 1. The van der Waals surface area contributed by atoms with Crippen LogP contribution in [0.4, 0.5) is 5.13 Å². The molecule has 1 atom stereocenters. The van der Waals surface area contributed by atoms with E-state index in [1.807, 2.05) is 6.07 Å². The number of hydrogen-bond donors (Lipinski definition) is 1. The van der Waals surface area contributed by atoms with Gasteiger partial charge in [0.25, 0.3) is 5.78 Å². The second-order valence-electron chi connectivity index (χ2n) is 8.53. The lowest BCUT2D eigenvalue weighted by Crippen LogP contribution is -2.29. The van der Waals surface area contributed by atoms with Gasteiger partial charge in [-0.3, -0.25) is 18.9 Å². The van der Waals surface area contributed by atoms with E-state index in [1.165, 1.54) is 23.3 Å². The van der Waals surface area contributed by atoms with Crippen LogP contribution in [0.1, 0.15) is 23.0 Å². The van der Waals surface area contributed by atoms with Gasteiger partial charge < -0.3 is 9.84 Å². The quantitative estimate of drug-likeness (QED) is 0.186. The number of rotatable bonds is 4. The molecule has 1 N–H and O–H groups in total. The van der Waals surface area contributed by atoms with E-state index in [9.17, 15) is 14.7 Å². The lowest BCUT2D eigenvalue weighted by Gasteiger charge is -2.23. The molecule has 5 aromatic rings. The van der Waals surface area contributed by atoms with Crippen LogP contribution in [0.3, 0.4) is 0 Å². The molecule has 0 saturated carbocycles. The van der Waals surface area contributed by atoms with E-state index < -0.39 is 17.7 Å². The molecule has 0 aliphatic carbocycles. The predicted octanol–water partition coefficient (Wildman–Crippen LogP) is 5.54. The number of ketones is 1. The topological polar surface area (TPSA) is 97.0 Å². The number of halogens is 1. The van der Waals surface area contributed by atoms with Crippen LogP contribution in [-0.4, -0.2) is 38.3 Å². The van der Waals surface area contributed by atoms with E-state index in [2.05, 4.69) is 9.97 Å². The molecule has 37 heavy (non-hydrogen) atoms. The van der Waals surface area contributed by atoms with Crippen molar-refractivity contribution in [1.82, 2.24) is 14.4 Å². The molecule has 10 heteroatoms. The van der Waals surface area contributed by atoms with Crippen molar-refractivity contribution in [1.29, 1.82) is 0 Å². The zero-order chi connectivity index (χ0) is 25.8. The van der Waals surface area contributed by atoms with Crippen molar-refractivity contribution in [3.05, 3.63) is 94.4 Å². The Labute approximate surface area is 220 Å². The SMILES string of the molecule is COc1cccc(C2/C(=C(\O)c3c(C)nc4ccccn34)C(=O)C(=O)N2c2nc3ccc(Cl)cc3s2)c1. The molecule has 3 aromatic heterocycles. The Balaban J connectivity index is 1.62. The number of aliphatic hydroxyl groups is 1. The second-order valence-corrected chi connectivity index (χ2v) is 9.97. The summed E-state index contributed by atoms with van der Waals surface area (Å²) >= 11 is 7.41. The van der Waals surface area contributed by atoms with E-state index in [0.29, 0.717) is 44.0 Å². The average molecular weight is 531 g/mol. The highest BCUT2D eigenvalue weighted by molar-refractivity contribution is 7.22. The number of methoxy groups -OCH3 is 1. The summed E-state index contributed by atoms with van der Waals surface area (Å²) in [5.74, 6) is -1.36. The van der Waals surface area contributed by atoms with Gasteiger partial charge in [0.2, 0.25) is 0 Å². The number of aromatic nitrogens is 3. The van der Waals surface area contributed by atoms with Crippen LogP contribution in [0.5, 0.6) is 5.75 Å². The van der Waals surface area contributed by atoms with E-state index in [4.69, 9.17) is 16.3 Å². The molecule has 184 valence electrons. The summed E-state index contributed by atoms with van der Waals surface area (Å²) in [5, 5.41) is 12.5. The molecule has 0 radical (unpaired) electrons. The van der Waals surface area contributed by atoms with Crippen LogP contribution in [0.25, 0.3) is 21.6 Å². The summed E-state index contributed by atoms with van der Waals surface area (Å²) in [6, 6.07) is 16.8. The van der Waals surface area contributed by atoms with Crippen molar-refractivity contribution < 1.29 is 19.4 Å². The Kier molecular flexibility index (Phi) is 5.47. The van der Waals surface area contributed by atoms with Gasteiger partial charge in [-0.1, -0.05) is 41.1 Å². The van der Waals surface area contributed by atoms with Crippen LogP contribution in [0, 0.1) is 6.92 Å². The third-order valence-electron chi connectivity index (χ3n) is 6.33. The Morgan fingerprint density at radius 3 is 2.73 bits per heavy atom. The molecule has 0 bridgehead atoms. The van der Waals surface area contributed by atoms with Crippen molar-refractivity contribution in [2.45, 2.75) is 13.0 Å². The zero-order valence-electron chi connectivity index (χ0n) is 19.7. The molecule has 4 heterocycles. The molecule has 1 amide bonds. The number of aryl methyl sites for hydroxylation is 1. The number of amides is 1. The van der Waals surface area contributed by atoms with Gasteiger partial charge in [-0.05, 0) is 55.0 Å². The second kappa shape index (κ2) is 8.72. The van der Waals surface area contributed by atoms with Crippen LogP contribution < -0.4 is 9.64 Å². The standard InChI is InChI=1S/C27H19ClN4O4S/c1-14-22(31-11-4-3-8-20(31)29-14)24(33)21-23(15-6-5-7-17(12-15)36-2)32(26(35)25(21)34)27-30-18-10-9-16(28)13-19(18)37-27/h3-13,23,33H,1-2H3/b24-21+. The smallest absolute Gasteiger partial charge is 0.301 e. The number of pyridine rings is 1. The van der Waals surface area contributed by atoms with Crippen LogP contribution in [-0.2, 0) is 9.59 Å². The number of aliphatic hydroxyl groups excluding tert-OH is 1. The third kappa shape index (κ3) is 3.66. The van der Waals surface area contributed by atoms with Crippen LogP contribution >= 0.6 is 22.9 Å². The predicted molar refractivity (Wildman–Crippen MR) is 142 cm³/mol. The fraction of sp³-hybridized carbons (Fsp3) is 0.111. The largest absolute Gasteiger partial charge is 0.505 e. The van der Waals surface area contributed by atoms with Crippen molar-refractivity contribution >= 4 is 61.4 Å². The fourth-order valence-electron chi connectivity index (χ4n) is 4.67. The molecular weight excluding hydrogens is 512 g/mol. The summed E-state index contributed by atoms with van der Waals surface area (Å²) in [4.78, 5) is 37.6. The number of fused-ring (bicyclic) bond motifs is 2. The number of thiazole rings is 1. The van der Waals surface area contributed by atoms with Crippen molar-refractivity contribution in [3.63, 3.8) is 0 Å². The van der Waals surface area contributed by atoms with Crippen molar-refractivity contribution in [3.8, 4) is 5.75 Å². The van der Waals surface area contributed by atoms with E-state index in [0.717, 1.165) is 4.70 Å². The maximum Gasteiger partial charge on any atom is 0.301 e. The van der Waals surface area contributed by atoms with Gasteiger partial charge in [0.05, 0.1) is 34.6 Å². The van der Waals surface area contributed by atoms with E-state index in [1.54, 1.807) is 72.1 Å². The van der Waals surface area contributed by atoms with Gasteiger partial charge in [-0.15, -0.1) is 0 Å². The number of ether oxygens (including phenoxy) is 1. The summed E-state index contributed by atoms with van der Waals surface area (Å²) in [5.41, 5.74) is 2.66. The first-order chi connectivity index (χ1) is 17.9. The van der Waals surface area contributed by atoms with Gasteiger partial charge in [0, 0.05) is 11.2 Å². The summed E-state index contributed by atoms with van der Waals surface area (Å²) in [7, 11) is 1.54. The Morgan fingerprint density at radius 2 is 1.92 bits per heavy atom. The van der Waals surface area contributed by atoms with E-state index >= 15 is 0 Å². The molecule has 1 unspecified atom stereocenters. The Bertz CT molecular complexity index is 1770. The maximum absolute atomic E-state index is 13.6. The molecule has 6 rings (SSSR count). The first kappa shape index (κ1) is 23.2. The Hall–Kier alpha value is -4.21. The molecule has 1 aliphatic heterocycles. The number of carbonyl (C=O) groups is 2. The van der Waals surface area contributed by atoms with Crippen LogP contribution in [0.15, 0.2) is 72.4 Å². The van der Waals surface area contributed by atoms with Crippen molar-refractivity contribution in [2.24, 2.45) is 0 Å². The molecule has 2 aromatic carbocycles. The van der Waals surface area contributed by atoms with Gasteiger partial charge in [0.15, 0.2) is 10.9 Å².